The standard InChI is InChI=1S/C26H37N5O.C2H6/c27-26-17-20(6-12-29-26)19-30-14-8-23(9-15-30)32-22-4-2-13-31(16-10-22)25-5-1-3-21-18-28-11-7-24(21)25;1-2/h6-7,11-12,17-18,22-23,25H,1-5,8-10,13-16,19H2,(H2,27,29);1-2H3. The van der Waals surface area contributed by atoms with Gasteiger partial charge in [0, 0.05) is 50.8 Å². The van der Waals surface area contributed by atoms with Gasteiger partial charge in [0.15, 0.2) is 0 Å². The van der Waals surface area contributed by atoms with Crippen LogP contribution >= 0.6 is 0 Å². The van der Waals surface area contributed by atoms with Crippen molar-refractivity contribution in [2.45, 2.75) is 90.0 Å². The number of ether oxygens (including phenoxy) is 1. The molecule has 2 N–H and O–H groups in total. The van der Waals surface area contributed by atoms with E-state index in [0.717, 1.165) is 45.4 Å². The Morgan fingerprint density at radius 3 is 2.56 bits per heavy atom. The topological polar surface area (TPSA) is 67.5 Å². The van der Waals surface area contributed by atoms with Crippen LogP contribution in [-0.2, 0) is 17.7 Å². The van der Waals surface area contributed by atoms with Gasteiger partial charge >= 0.3 is 0 Å². The number of fused-ring (bicyclic) bond motifs is 1. The molecule has 34 heavy (non-hydrogen) atoms. The van der Waals surface area contributed by atoms with E-state index in [4.69, 9.17) is 10.5 Å². The van der Waals surface area contributed by atoms with Crippen molar-refractivity contribution in [2.75, 3.05) is 31.9 Å². The molecular weight excluding hydrogens is 422 g/mol. The maximum Gasteiger partial charge on any atom is 0.123 e. The molecule has 2 aliphatic heterocycles. The van der Waals surface area contributed by atoms with Crippen molar-refractivity contribution in [2.24, 2.45) is 0 Å². The van der Waals surface area contributed by atoms with Crippen molar-refractivity contribution in [3.8, 4) is 0 Å². The van der Waals surface area contributed by atoms with E-state index in [9.17, 15) is 0 Å². The molecule has 2 saturated heterocycles. The molecule has 0 amide bonds. The fourth-order valence-corrected chi connectivity index (χ4v) is 5.85. The average Bonchev–Trinajstić information content (AvgIpc) is 3.12. The summed E-state index contributed by atoms with van der Waals surface area (Å²) in [6.45, 7) is 9.49. The minimum Gasteiger partial charge on any atom is -0.384 e. The molecule has 0 radical (unpaired) electrons. The van der Waals surface area contributed by atoms with Crippen LogP contribution in [0.2, 0.25) is 0 Å². The highest BCUT2D eigenvalue weighted by Crippen LogP contribution is 2.35. The fourth-order valence-electron chi connectivity index (χ4n) is 5.85. The summed E-state index contributed by atoms with van der Waals surface area (Å²) >= 11 is 0. The number of piperidine rings is 1. The van der Waals surface area contributed by atoms with Crippen molar-refractivity contribution < 1.29 is 4.74 Å². The lowest BCUT2D eigenvalue weighted by molar-refractivity contribution is -0.0486. The molecule has 2 aromatic rings. The first-order valence-corrected chi connectivity index (χ1v) is 13.5. The number of nitrogen functional groups attached to an aromatic ring is 1. The van der Waals surface area contributed by atoms with Gasteiger partial charge in [0.25, 0.3) is 0 Å². The fraction of sp³-hybridized carbons (Fsp3) is 0.643. The van der Waals surface area contributed by atoms with E-state index >= 15 is 0 Å². The number of rotatable bonds is 5. The van der Waals surface area contributed by atoms with Gasteiger partial charge < -0.3 is 10.5 Å². The predicted octanol–water partition coefficient (Wildman–Crippen LogP) is 5.00. The molecule has 2 fully saturated rings. The van der Waals surface area contributed by atoms with Crippen LogP contribution in [0.4, 0.5) is 5.82 Å². The Morgan fingerprint density at radius 2 is 1.74 bits per heavy atom. The van der Waals surface area contributed by atoms with E-state index in [1.54, 1.807) is 6.20 Å². The van der Waals surface area contributed by atoms with E-state index < -0.39 is 0 Å². The molecule has 6 heteroatoms. The lowest BCUT2D eigenvalue weighted by Crippen LogP contribution is -2.38. The second-order valence-corrected chi connectivity index (χ2v) is 9.77. The molecule has 0 aromatic carbocycles. The quantitative estimate of drug-likeness (QED) is 0.670. The van der Waals surface area contributed by atoms with Gasteiger partial charge in [0.05, 0.1) is 12.2 Å². The van der Waals surface area contributed by atoms with Crippen molar-refractivity contribution >= 4 is 5.82 Å². The highest BCUT2D eigenvalue weighted by atomic mass is 16.5. The molecule has 3 aliphatic rings. The first-order chi connectivity index (χ1) is 16.7. The summed E-state index contributed by atoms with van der Waals surface area (Å²) in [4.78, 5) is 13.7. The second kappa shape index (κ2) is 12.6. The minimum atomic E-state index is 0.409. The minimum absolute atomic E-state index is 0.409. The van der Waals surface area contributed by atoms with E-state index in [-0.39, 0.29) is 0 Å². The zero-order chi connectivity index (χ0) is 23.8. The lowest BCUT2D eigenvalue weighted by Gasteiger charge is -2.35. The molecular formula is C28H43N5O. The molecule has 186 valence electrons. The molecule has 0 saturated carbocycles. The number of hydrogen-bond donors (Lipinski definition) is 1. The largest absolute Gasteiger partial charge is 0.384 e. The molecule has 2 atom stereocenters. The summed E-state index contributed by atoms with van der Waals surface area (Å²) in [5.74, 6) is 0.608. The smallest absolute Gasteiger partial charge is 0.123 e. The van der Waals surface area contributed by atoms with Crippen molar-refractivity contribution in [3.63, 3.8) is 0 Å². The normalized spacial score (nSPS) is 24.5. The van der Waals surface area contributed by atoms with Crippen LogP contribution in [-0.4, -0.2) is 58.2 Å². The SMILES string of the molecule is CC.Nc1cc(CN2CCC(OC3CCCN(C4CCCc5cnccc54)CC3)CC2)ccn1. The zero-order valence-electron chi connectivity index (χ0n) is 21.2. The Morgan fingerprint density at radius 1 is 0.941 bits per heavy atom. The maximum atomic E-state index is 6.64. The molecule has 6 nitrogen and oxygen atoms in total. The molecule has 1 aliphatic carbocycles. The van der Waals surface area contributed by atoms with E-state index in [1.165, 1.54) is 55.3 Å². The van der Waals surface area contributed by atoms with E-state index in [1.807, 2.05) is 26.1 Å². The highest BCUT2D eigenvalue weighted by Gasteiger charge is 2.29. The molecule has 5 rings (SSSR count). The van der Waals surface area contributed by atoms with Gasteiger partial charge in [-0.3, -0.25) is 14.8 Å². The monoisotopic (exact) mass is 465 g/mol. The first kappa shape index (κ1) is 25.1. The molecule has 2 unspecified atom stereocenters. The van der Waals surface area contributed by atoms with Crippen LogP contribution in [0.3, 0.4) is 0 Å². The second-order valence-electron chi connectivity index (χ2n) is 9.77. The van der Waals surface area contributed by atoms with Gasteiger partial charge in [0.2, 0.25) is 0 Å². The van der Waals surface area contributed by atoms with Crippen molar-refractivity contribution in [1.29, 1.82) is 0 Å². The molecule has 0 spiro atoms. The third-order valence-corrected chi connectivity index (χ3v) is 7.55. The Balaban J connectivity index is 0.00000133. The number of pyridine rings is 2. The third-order valence-electron chi connectivity index (χ3n) is 7.55. The third kappa shape index (κ3) is 6.55. The molecule has 0 bridgehead atoms. The van der Waals surface area contributed by atoms with Gasteiger partial charge in [-0.1, -0.05) is 13.8 Å². The van der Waals surface area contributed by atoms with E-state index in [0.29, 0.717) is 24.1 Å². The number of hydrogen-bond acceptors (Lipinski definition) is 6. The summed E-state index contributed by atoms with van der Waals surface area (Å²) in [6, 6.07) is 6.89. The Hall–Kier alpha value is -2.02. The van der Waals surface area contributed by atoms with Crippen LogP contribution in [0.25, 0.3) is 0 Å². The molecule has 2 aromatic heterocycles. The summed E-state index contributed by atoms with van der Waals surface area (Å²) in [5.41, 5.74) is 10.1. The predicted molar refractivity (Wildman–Crippen MR) is 139 cm³/mol. The number of aromatic nitrogens is 2. The first-order valence-electron chi connectivity index (χ1n) is 13.5. The lowest BCUT2D eigenvalue weighted by atomic mass is 9.88. The van der Waals surface area contributed by atoms with Gasteiger partial charge in [-0.25, -0.2) is 4.98 Å². The van der Waals surface area contributed by atoms with Crippen LogP contribution < -0.4 is 5.73 Å². The average molecular weight is 466 g/mol. The summed E-state index contributed by atoms with van der Waals surface area (Å²) in [7, 11) is 0. The maximum absolute atomic E-state index is 6.64. The number of anilines is 1. The number of nitrogens with two attached hydrogens (primary N) is 1. The summed E-state index contributed by atoms with van der Waals surface area (Å²) < 4.78 is 6.64. The van der Waals surface area contributed by atoms with Crippen LogP contribution in [0, 0.1) is 0 Å². The van der Waals surface area contributed by atoms with Crippen LogP contribution in [0.15, 0.2) is 36.8 Å². The summed E-state index contributed by atoms with van der Waals surface area (Å²) in [6.07, 6.45) is 16.3. The Kier molecular flexibility index (Phi) is 9.31. The van der Waals surface area contributed by atoms with Crippen LogP contribution in [0.5, 0.6) is 0 Å². The van der Waals surface area contributed by atoms with Gasteiger partial charge in [-0.05, 0) is 92.8 Å². The highest BCUT2D eigenvalue weighted by molar-refractivity contribution is 5.31. The van der Waals surface area contributed by atoms with Gasteiger partial charge in [0.1, 0.15) is 5.82 Å². The number of nitrogens with zero attached hydrogens (tertiary/aromatic N) is 4. The Bertz CT molecular complexity index is 883. The van der Waals surface area contributed by atoms with Crippen molar-refractivity contribution in [3.05, 3.63) is 53.5 Å². The van der Waals surface area contributed by atoms with Crippen LogP contribution in [0.1, 0.15) is 81.5 Å². The Labute approximate surface area is 205 Å². The number of aryl methyl sites for hydroxylation is 1. The zero-order valence-corrected chi connectivity index (χ0v) is 21.2. The van der Waals surface area contributed by atoms with Crippen molar-refractivity contribution in [1.82, 2.24) is 19.8 Å². The molecule has 4 heterocycles. The van der Waals surface area contributed by atoms with E-state index in [2.05, 4.69) is 38.1 Å². The number of likely N-dealkylation sites (tertiary alicyclic amines) is 2. The summed E-state index contributed by atoms with van der Waals surface area (Å²) in [5, 5.41) is 0. The van der Waals surface area contributed by atoms with Gasteiger partial charge in [-0.2, -0.15) is 0 Å². The van der Waals surface area contributed by atoms with Gasteiger partial charge in [-0.15, -0.1) is 0 Å².